The van der Waals surface area contributed by atoms with Gasteiger partial charge in [-0.3, -0.25) is 4.79 Å². The number of rotatable bonds is 6. The second-order valence-electron chi connectivity index (χ2n) is 6.59. The van der Waals surface area contributed by atoms with Crippen molar-refractivity contribution in [3.05, 3.63) is 58.8 Å². The van der Waals surface area contributed by atoms with Gasteiger partial charge in [-0.2, -0.15) is 15.3 Å². The van der Waals surface area contributed by atoms with Crippen molar-refractivity contribution in [3.8, 4) is 5.40 Å². The van der Waals surface area contributed by atoms with Gasteiger partial charge in [0.15, 0.2) is 4.93 Å². The van der Waals surface area contributed by atoms with E-state index < -0.39 is 10.5 Å². The molecule has 1 atom stereocenters. The van der Waals surface area contributed by atoms with Crippen molar-refractivity contribution < 1.29 is 4.74 Å². The van der Waals surface area contributed by atoms with Gasteiger partial charge in [0.05, 0.1) is 13.2 Å². The molecule has 24 heavy (non-hydrogen) atoms. The average molecular weight is 344 g/mol. The van der Waals surface area contributed by atoms with Crippen LogP contribution in [0.15, 0.2) is 47.7 Å². The molecule has 7 heteroatoms. The van der Waals surface area contributed by atoms with Gasteiger partial charge in [0, 0.05) is 0 Å². The summed E-state index contributed by atoms with van der Waals surface area (Å²) in [4.78, 5) is 14.0. The van der Waals surface area contributed by atoms with Crippen LogP contribution < -0.4 is 5.56 Å². The molecule has 0 bridgehead atoms. The van der Waals surface area contributed by atoms with Gasteiger partial charge in [-0.15, -0.1) is 0 Å². The Morgan fingerprint density at radius 2 is 2.00 bits per heavy atom. The molecule has 1 unspecified atom stereocenters. The van der Waals surface area contributed by atoms with E-state index in [-0.39, 0.29) is 12.0 Å². The maximum atomic E-state index is 11.2. The van der Waals surface area contributed by atoms with Crippen LogP contribution in [0.5, 0.6) is 0 Å². The molecular weight excluding hydrogens is 324 g/mol. The first-order valence-electron chi connectivity index (χ1n) is 7.50. The minimum atomic E-state index is -0.937. The van der Waals surface area contributed by atoms with Crippen molar-refractivity contribution in [2.75, 3.05) is 6.61 Å². The third kappa shape index (κ3) is 4.91. The number of ether oxygens (including phenoxy) is 1. The number of thiocyanates is 1. The SMILES string of the molecule is CC(C)(C)COC(Cn1cnc(=O)cn1)(SC#N)c1ccccc1. The molecule has 0 saturated heterocycles. The molecule has 6 nitrogen and oxygen atoms in total. The molecule has 1 aromatic carbocycles. The van der Waals surface area contributed by atoms with E-state index in [0.717, 1.165) is 23.5 Å². The number of benzene rings is 1. The minimum Gasteiger partial charge on any atom is -0.356 e. The third-order valence-corrected chi connectivity index (χ3v) is 4.07. The molecule has 0 radical (unpaired) electrons. The zero-order valence-electron chi connectivity index (χ0n) is 14.0. The third-order valence-electron chi connectivity index (χ3n) is 3.17. The molecule has 1 heterocycles. The minimum absolute atomic E-state index is 0.0642. The summed E-state index contributed by atoms with van der Waals surface area (Å²) in [5.74, 6) is 0. The topological polar surface area (TPSA) is 80.8 Å². The average Bonchev–Trinajstić information content (AvgIpc) is 2.55. The highest BCUT2D eigenvalue weighted by atomic mass is 32.2. The first-order valence-corrected chi connectivity index (χ1v) is 8.32. The van der Waals surface area contributed by atoms with E-state index >= 15 is 0 Å². The zero-order valence-corrected chi connectivity index (χ0v) is 14.8. The molecule has 0 aliphatic heterocycles. The number of hydrogen-bond donors (Lipinski definition) is 0. The molecule has 2 rings (SSSR count). The highest BCUT2D eigenvalue weighted by molar-refractivity contribution is 8.04. The molecule has 126 valence electrons. The fraction of sp³-hybridized carbons (Fsp3) is 0.412. The fourth-order valence-corrected chi connectivity index (χ4v) is 2.76. The van der Waals surface area contributed by atoms with Crippen molar-refractivity contribution in [2.45, 2.75) is 32.2 Å². The van der Waals surface area contributed by atoms with Crippen molar-refractivity contribution >= 4 is 11.8 Å². The Kier molecular flexibility index (Phi) is 5.75. The van der Waals surface area contributed by atoms with Gasteiger partial charge in [-0.25, -0.2) is 4.68 Å². The molecule has 0 amide bonds. The molecule has 1 aromatic heterocycles. The van der Waals surface area contributed by atoms with Crippen molar-refractivity contribution in [3.63, 3.8) is 0 Å². The molecule has 0 saturated carbocycles. The van der Waals surface area contributed by atoms with Gasteiger partial charge in [-0.05, 0) is 22.7 Å². The van der Waals surface area contributed by atoms with Crippen LogP contribution in [-0.4, -0.2) is 21.4 Å². The van der Waals surface area contributed by atoms with Crippen LogP contribution in [0.2, 0.25) is 0 Å². The second-order valence-corrected chi connectivity index (χ2v) is 7.63. The van der Waals surface area contributed by atoms with E-state index in [1.54, 1.807) is 0 Å². The van der Waals surface area contributed by atoms with Gasteiger partial charge in [0.1, 0.15) is 17.9 Å². The summed E-state index contributed by atoms with van der Waals surface area (Å²) in [6.45, 7) is 6.93. The number of aromatic nitrogens is 3. The maximum Gasteiger partial charge on any atom is 0.291 e. The summed E-state index contributed by atoms with van der Waals surface area (Å²) < 4.78 is 7.74. The summed E-state index contributed by atoms with van der Waals surface area (Å²) in [6.07, 6.45) is 2.51. The highest BCUT2D eigenvalue weighted by Crippen LogP contribution is 2.40. The molecule has 0 N–H and O–H groups in total. The van der Waals surface area contributed by atoms with Crippen LogP contribution >= 0.6 is 11.8 Å². The normalized spacial score (nSPS) is 13.9. The first kappa shape index (κ1) is 18.2. The Bertz CT molecular complexity index is 744. The Morgan fingerprint density at radius 1 is 1.29 bits per heavy atom. The Hall–Kier alpha value is -2.17. The maximum absolute atomic E-state index is 11.2. The quantitative estimate of drug-likeness (QED) is 0.592. The van der Waals surface area contributed by atoms with Gasteiger partial charge >= 0.3 is 0 Å². The predicted octanol–water partition coefficient (Wildman–Crippen LogP) is 2.77. The molecule has 2 aromatic rings. The van der Waals surface area contributed by atoms with Gasteiger partial charge in [0.25, 0.3) is 5.56 Å². The van der Waals surface area contributed by atoms with Crippen molar-refractivity contribution in [1.82, 2.24) is 14.8 Å². The summed E-state index contributed by atoms with van der Waals surface area (Å²) in [5.41, 5.74) is 0.395. The number of nitriles is 1. The summed E-state index contributed by atoms with van der Waals surface area (Å²) in [7, 11) is 0. The smallest absolute Gasteiger partial charge is 0.291 e. The molecule has 0 aliphatic rings. The summed E-state index contributed by atoms with van der Waals surface area (Å²) in [5, 5.41) is 15.6. The fourth-order valence-electron chi connectivity index (χ4n) is 2.04. The largest absolute Gasteiger partial charge is 0.356 e. The van der Waals surface area contributed by atoms with E-state index in [4.69, 9.17) is 4.74 Å². The van der Waals surface area contributed by atoms with Crippen molar-refractivity contribution in [1.29, 1.82) is 5.26 Å². The lowest BCUT2D eigenvalue weighted by Gasteiger charge is -2.34. The predicted molar refractivity (Wildman–Crippen MR) is 93.0 cm³/mol. The highest BCUT2D eigenvalue weighted by Gasteiger charge is 2.37. The van der Waals surface area contributed by atoms with Crippen molar-refractivity contribution in [2.24, 2.45) is 5.41 Å². The lowest BCUT2D eigenvalue weighted by molar-refractivity contribution is -0.0284. The second kappa shape index (κ2) is 7.60. The first-order chi connectivity index (χ1) is 11.3. The Labute approximate surface area is 145 Å². The van der Waals surface area contributed by atoms with E-state index in [1.165, 1.54) is 11.0 Å². The van der Waals surface area contributed by atoms with Crippen LogP contribution in [0.4, 0.5) is 0 Å². The van der Waals surface area contributed by atoms with Crippen LogP contribution in [0.25, 0.3) is 0 Å². The van der Waals surface area contributed by atoms with Crippen LogP contribution in [-0.2, 0) is 16.2 Å². The Morgan fingerprint density at radius 3 is 2.54 bits per heavy atom. The molecule has 0 spiro atoms. The molecule has 0 aliphatic carbocycles. The van der Waals surface area contributed by atoms with Gasteiger partial charge in [-0.1, -0.05) is 51.1 Å². The number of nitrogens with zero attached hydrogens (tertiary/aromatic N) is 4. The van der Waals surface area contributed by atoms with E-state index in [2.05, 4.69) is 36.3 Å². The Balaban J connectivity index is 2.42. The number of hydrogen-bond acceptors (Lipinski definition) is 6. The lowest BCUT2D eigenvalue weighted by Crippen LogP contribution is -2.35. The number of thioether (sulfide) groups is 1. The monoisotopic (exact) mass is 344 g/mol. The lowest BCUT2D eigenvalue weighted by atomic mass is 9.98. The van der Waals surface area contributed by atoms with Crippen LogP contribution in [0.3, 0.4) is 0 Å². The van der Waals surface area contributed by atoms with Crippen LogP contribution in [0.1, 0.15) is 26.3 Å². The van der Waals surface area contributed by atoms with Gasteiger partial charge < -0.3 is 4.74 Å². The molecular formula is C17H20N4O2S. The van der Waals surface area contributed by atoms with Crippen LogP contribution in [0, 0.1) is 16.1 Å². The van der Waals surface area contributed by atoms with E-state index in [1.807, 2.05) is 30.3 Å². The summed E-state index contributed by atoms with van der Waals surface area (Å²) >= 11 is 1.03. The zero-order chi connectivity index (χ0) is 17.6. The van der Waals surface area contributed by atoms with E-state index in [9.17, 15) is 10.1 Å². The summed E-state index contributed by atoms with van der Waals surface area (Å²) in [6, 6.07) is 9.55. The van der Waals surface area contributed by atoms with E-state index in [0.29, 0.717) is 6.61 Å². The molecule has 0 fully saturated rings. The van der Waals surface area contributed by atoms with Gasteiger partial charge in [0.2, 0.25) is 0 Å². The standard InChI is InChI=1S/C17H20N4O2S/c1-16(2,3)11-23-17(24-12-18,14-7-5-4-6-8-14)10-21-13-19-15(22)9-20-21/h4-9,13H,10-11H2,1-3H3.